The molecule has 0 amide bonds. The summed E-state index contributed by atoms with van der Waals surface area (Å²) in [5, 5.41) is 3.30. The van der Waals surface area contributed by atoms with Crippen molar-refractivity contribution >= 4 is 16.0 Å². The van der Waals surface area contributed by atoms with E-state index in [-0.39, 0.29) is 4.90 Å². The predicted octanol–water partition coefficient (Wildman–Crippen LogP) is 2.93. The van der Waals surface area contributed by atoms with Crippen LogP contribution in [0.3, 0.4) is 0 Å². The van der Waals surface area contributed by atoms with Crippen LogP contribution in [-0.4, -0.2) is 57.9 Å². The number of sulfonamides is 1. The van der Waals surface area contributed by atoms with Gasteiger partial charge in [-0.3, -0.25) is 0 Å². The quantitative estimate of drug-likeness (QED) is 0.487. The lowest BCUT2D eigenvalue weighted by atomic mass is 10.2. The fourth-order valence-electron chi connectivity index (χ4n) is 2.82. The van der Waals surface area contributed by atoms with E-state index in [0.717, 1.165) is 29.4 Å². The molecule has 0 radical (unpaired) electrons. The van der Waals surface area contributed by atoms with Crippen LogP contribution in [0.15, 0.2) is 58.4 Å². The van der Waals surface area contributed by atoms with E-state index in [2.05, 4.69) is 22.3 Å². The van der Waals surface area contributed by atoms with Gasteiger partial charge in [0.05, 0.1) is 18.0 Å². The molecule has 0 aliphatic carbocycles. The maximum Gasteiger partial charge on any atom is 0.242 e. The minimum Gasteiger partial charge on any atom is -0.494 e. The van der Waals surface area contributed by atoms with Gasteiger partial charge in [0.1, 0.15) is 5.75 Å². The van der Waals surface area contributed by atoms with Crippen molar-refractivity contribution in [3.8, 4) is 5.75 Å². The molecule has 30 heavy (non-hydrogen) atoms. The molecular formula is C22H32N4O3S. The lowest BCUT2D eigenvalue weighted by molar-refractivity contribution is 0.340. The molecule has 7 nitrogen and oxygen atoms in total. The zero-order chi connectivity index (χ0) is 22.1. The van der Waals surface area contributed by atoms with Gasteiger partial charge in [0, 0.05) is 34.2 Å². The fourth-order valence-corrected chi connectivity index (χ4v) is 3.72. The summed E-state index contributed by atoms with van der Waals surface area (Å²) >= 11 is 0. The lowest BCUT2D eigenvalue weighted by Crippen LogP contribution is -2.38. The summed E-state index contributed by atoms with van der Waals surface area (Å²) < 4.78 is 31.1. The monoisotopic (exact) mass is 432 g/mol. The van der Waals surface area contributed by atoms with Crippen LogP contribution >= 0.6 is 0 Å². The molecule has 0 spiro atoms. The van der Waals surface area contributed by atoms with Crippen LogP contribution < -0.4 is 10.1 Å². The molecule has 0 saturated carbocycles. The van der Waals surface area contributed by atoms with Crippen LogP contribution in [0.1, 0.15) is 25.0 Å². The molecule has 8 heteroatoms. The zero-order valence-corrected chi connectivity index (χ0v) is 19.2. The minimum absolute atomic E-state index is 0.278. The van der Waals surface area contributed by atoms with Crippen molar-refractivity contribution in [2.24, 2.45) is 4.99 Å². The molecule has 0 unspecified atom stereocenters. The van der Waals surface area contributed by atoms with Gasteiger partial charge in [-0.25, -0.2) is 17.7 Å². The Morgan fingerprint density at radius 2 is 1.57 bits per heavy atom. The molecule has 0 atom stereocenters. The second-order valence-electron chi connectivity index (χ2n) is 7.03. The van der Waals surface area contributed by atoms with Gasteiger partial charge in [-0.05, 0) is 49.2 Å². The van der Waals surface area contributed by atoms with Gasteiger partial charge in [0.15, 0.2) is 5.96 Å². The molecule has 1 N–H and O–H groups in total. The molecular weight excluding hydrogens is 400 g/mol. The van der Waals surface area contributed by atoms with Crippen molar-refractivity contribution in [2.75, 3.05) is 34.3 Å². The highest BCUT2D eigenvalue weighted by atomic mass is 32.2. The van der Waals surface area contributed by atoms with E-state index < -0.39 is 10.0 Å². The van der Waals surface area contributed by atoms with Crippen LogP contribution in [0.5, 0.6) is 5.75 Å². The first-order chi connectivity index (χ1) is 14.3. The van der Waals surface area contributed by atoms with E-state index in [1.165, 1.54) is 18.4 Å². The van der Waals surface area contributed by atoms with Crippen LogP contribution in [0.4, 0.5) is 0 Å². The maximum absolute atomic E-state index is 12.2. The summed E-state index contributed by atoms with van der Waals surface area (Å²) in [7, 11) is 1.62. The number of nitrogens with one attached hydrogen (secondary N) is 1. The van der Waals surface area contributed by atoms with E-state index in [1.54, 1.807) is 24.3 Å². The van der Waals surface area contributed by atoms with Gasteiger partial charge in [0.25, 0.3) is 0 Å². The molecule has 164 valence electrons. The Morgan fingerprint density at radius 3 is 2.10 bits per heavy atom. The van der Waals surface area contributed by atoms with Crippen molar-refractivity contribution in [1.29, 1.82) is 0 Å². The number of hydrogen-bond donors (Lipinski definition) is 1. The second-order valence-corrected chi connectivity index (χ2v) is 9.19. The molecule has 0 saturated heterocycles. The van der Waals surface area contributed by atoms with E-state index in [4.69, 9.17) is 9.73 Å². The number of ether oxygens (including phenoxy) is 1. The van der Waals surface area contributed by atoms with E-state index in [9.17, 15) is 8.42 Å². The van der Waals surface area contributed by atoms with Gasteiger partial charge in [0.2, 0.25) is 10.0 Å². The standard InChI is InChI=1S/C22H32N4O3S/c1-6-23-22(26(5)17-19-8-12-20(13-9-19)29-7-2)24-16-18-10-14-21(15-11-18)30(27,28)25(3)4/h8-15H,6-7,16-17H2,1-5H3,(H,23,24). The lowest BCUT2D eigenvalue weighted by Gasteiger charge is -2.22. The average molecular weight is 433 g/mol. The Kier molecular flexibility index (Phi) is 8.68. The predicted molar refractivity (Wildman–Crippen MR) is 121 cm³/mol. The minimum atomic E-state index is -3.42. The van der Waals surface area contributed by atoms with Crippen molar-refractivity contribution < 1.29 is 13.2 Å². The highest BCUT2D eigenvalue weighted by molar-refractivity contribution is 7.89. The molecule has 0 aromatic heterocycles. The van der Waals surface area contributed by atoms with Gasteiger partial charge >= 0.3 is 0 Å². The molecule has 2 aromatic rings. The highest BCUT2D eigenvalue weighted by Gasteiger charge is 2.16. The third kappa shape index (κ3) is 6.47. The summed E-state index contributed by atoms with van der Waals surface area (Å²) in [4.78, 5) is 7.04. The van der Waals surface area contributed by atoms with E-state index in [1.807, 2.05) is 33.0 Å². The largest absolute Gasteiger partial charge is 0.494 e. The molecule has 0 bridgehead atoms. The first-order valence-corrected chi connectivity index (χ1v) is 11.4. The van der Waals surface area contributed by atoms with E-state index >= 15 is 0 Å². The van der Waals surface area contributed by atoms with E-state index in [0.29, 0.717) is 19.7 Å². The molecule has 0 heterocycles. The van der Waals surface area contributed by atoms with Crippen molar-refractivity contribution in [3.63, 3.8) is 0 Å². The smallest absolute Gasteiger partial charge is 0.242 e. The van der Waals surface area contributed by atoms with Crippen molar-refractivity contribution in [2.45, 2.75) is 31.8 Å². The summed E-state index contributed by atoms with van der Waals surface area (Å²) in [5.74, 6) is 1.65. The second kappa shape index (κ2) is 11.0. The number of rotatable bonds is 9. The number of nitrogens with zero attached hydrogens (tertiary/aromatic N) is 3. The topological polar surface area (TPSA) is 74.2 Å². The van der Waals surface area contributed by atoms with Crippen molar-refractivity contribution in [1.82, 2.24) is 14.5 Å². The summed E-state index contributed by atoms with van der Waals surface area (Å²) in [5.41, 5.74) is 2.10. The van der Waals surface area contributed by atoms with Gasteiger partial charge < -0.3 is 15.0 Å². The van der Waals surface area contributed by atoms with Crippen molar-refractivity contribution in [3.05, 3.63) is 59.7 Å². The first kappa shape index (κ1) is 23.7. The van der Waals surface area contributed by atoms with Gasteiger partial charge in [-0.1, -0.05) is 24.3 Å². The molecule has 2 aromatic carbocycles. The Hall–Kier alpha value is -2.58. The summed E-state index contributed by atoms with van der Waals surface area (Å²) in [6, 6.07) is 14.9. The fraction of sp³-hybridized carbons (Fsp3) is 0.409. The molecule has 0 aliphatic heterocycles. The third-order valence-electron chi connectivity index (χ3n) is 4.46. The SMILES string of the molecule is CCNC(=NCc1ccc(S(=O)(=O)N(C)C)cc1)N(C)Cc1ccc(OCC)cc1. The average Bonchev–Trinajstić information content (AvgIpc) is 2.73. The van der Waals surface area contributed by atoms with Crippen LogP contribution in [0.25, 0.3) is 0 Å². The Bertz CT molecular complexity index is 924. The summed E-state index contributed by atoms with van der Waals surface area (Å²) in [6.45, 7) is 6.57. The van der Waals surface area contributed by atoms with Crippen LogP contribution in [0.2, 0.25) is 0 Å². The number of hydrogen-bond acceptors (Lipinski definition) is 4. The van der Waals surface area contributed by atoms with Gasteiger partial charge in [-0.2, -0.15) is 0 Å². The Labute approximate surface area is 180 Å². The van der Waals surface area contributed by atoms with Crippen LogP contribution in [-0.2, 0) is 23.1 Å². The van der Waals surface area contributed by atoms with Crippen LogP contribution in [0, 0.1) is 0 Å². The molecule has 0 fully saturated rings. The normalized spacial score (nSPS) is 12.1. The Morgan fingerprint density at radius 1 is 0.967 bits per heavy atom. The number of aliphatic imine (C=N–C) groups is 1. The molecule has 0 aliphatic rings. The Balaban J connectivity index is 2.07. The number of benzene rings is 2. The summed E-state index contributed by atoms with van der Waals surface area (Å²) in [6.07, 6.45) is 0. The third-order valence-corrected chi connectivity index (χ3v) is 6.29. The maximum atomic E-state index is 12.2. The van der Waals surface area contributed by atoms with Gasteiger partial charge in [-0.15, -0.1) is 0 Å². The highest BCUT2D eigenvalue weighted by Crippen LogP contribution is 2.15. The number of guanidine groups is 1. The zero-order valence-electron chi connectivity index (χ0n) is 18.4. The molecule has 2 rings (SSSR count). The first-order valence-electron chi connectivity index (χ1n) is 10.0.